The van der Waals surface area contributed by atoms with Gasteiger partial charge in [0.05, 0.1) is 0 Å². The summed E-state index contributed by atoms with van der Waals surface area (Å²) in [4.78, 5) is 8.47. The molecule has 0 spiro atoms. The van der Waals surface area contributed by atoms with Gasteiger partial charge in [0.25, 0.3) is 0 Å². The standard InChI is InChI=1S/C19H23BrN4.HI/c1-21-18(23-11-7-15-4-3-10-22-13-15)24-14-19(8-9-19)16-5-2-6-17(20)12-16;/h2-6,10,12-13H,7-9,11,14H2,1H3,(H2,21,23,24);1H. The topological polar surface area (TPSA) is 49.3 Å². The molecule has 2 aromatic rings. The van der Waals surface area contributed by atoms with Gasteiger partial charge in [-0.2, -0.15) is 0 Å². The molecule has 1 aliphatic carbocycles. The molecule has 6 heteroatoms. The van der Waals surface area contributed by atoms with Gasteiger partial charge in [-0.05, 0) is 48.6 Å². The number of pyridine rings is 1. The van der Waals surface area contributed by atoms with Crippen LogP contribution in [0.5, 0.6) is 0 Å². The van der Waals surface area contributed by atoms with Crippen molar-refractivity contribution in [3.05, 3.63) is 64.4 Å². The van der Waals surface area contributed by atoms with E-state index in [0.717, 1.165) is 29.9 Å². The highest BCUT2D eigenvalue weighted by Gasteiger charge is 2.44. The summed E-state index contributed by atoms with van der Waals surface area (Å²) >= 11 is 3.57. The lowest BCUT2D eigenvalue weighted by Crippen LogP contribution is -2.42. The number of benzene rings is 1. The SMILES string of the molecule is CN=C(NCCc1cccnc1)NCC1(c2cccc(Br)c2)CC1.I. The lowest BCUT2D eigenvalue weighted by molar-refractivity contribution is 0.645. The van der Waals surface area contributed by atoms with Gasteiger partial charge in [0.2, 0.25) is 0 Å². The molecule has 25 heavy (non-hydrogen) atoms. The van der Waals surface area contributed by atoms with Crippen LogP contribution < -0.4 is 10.6 Å². The van der Waals surface area contributed by atoms with Crippen LogP contribution in [0.3, 0.4) is 0 Å². The predicted octanol–water partition coefficient (Wildman–Crippen LogP) is 3.90. The van der Waals surface area contributed by atoms with E-state index in [1.54, 1.807) is 6.20 Å². The quantitative estimate of drug-likeness (QED) is 0.349. The fraction of sp³-hybridized carbons (Fsp3) is 0.368. The Hall–Kier alpha value is -1.15. The normalized spacial score (nSPS) is 15.2. The van der Waals surface area contributed by atoms with E-state index in [0.29, 0.717) is 0 Å². The monoisotopic (exact) mass is 514 g/mol. The van der Waals surface area contributed by atoms with Gasteiger partial charge in [-0.15, -0.1) is 24.0 Å². The molecule has 1 aliphatic rings. The second-order valence-corrected chi connectivity index (χ2v) is 7.17. The lowest BCUT2D eigenvalue weighted by atomic mass is 9.96. The smallest absolute Gasteiger partial charge is 0.191 e. The number of hydrogen-bond donors (Lipinski definition) is 2. The second-order valence-electron chi connectivity index (χ2n) is 6.25. The Balaban J connectivity index is 0.00000225. The van der Waals surface area contributed by atoms with Gasteiger partial charge in [-0.3, -0.25) is 9.98 Å². The second kappa shape index (κ2) is 9.52. The van der Waals surface area contributed by atoms with Crippen LogP contribution in [-0.2, 0) is 11.8 Å². The van der Waals surface area contributed by atoms with Crippen molar-refractivity contribution in [1.29, 1.82) is 0 Å². The lowest BCUT2D eigenvalue weighted by Gasteiger charge is -2.19. The van der Waals surface area contributed by atoms with E-state index in [2.05, 4.69) is 66.9 Å². The molecule has 0 radical (unpaired) electrons. The Morgan fingerprint density at radius 2 is 2.08 bits per heavy atom. The Morgan fingerprint density at radius 1 is 1.24 bits per heavy atom. The Bertz CT molecular complexity index is 702. The van der Waals surface area contributed by atoms with Gasteiger partial charge in [0.1, 0.15) is 0 Å². The van der Waals surface area contributed by atoms with Crippen molar-refractivity contribution in [2.75, 3.05) is 20.1 Å². The zero-order valence-electron chi connectivity index (χ0n) is 14.3. The molecule has 3 rings (SSSR count). The number of halogens is 2. The van der Waals surface area contributed by atoms with Crippen molar-refractivity contribution >= 4 is 45.9 Å². The number of guanidine groups is 1. The summed E-state index contributed by atoms with van der Waals surface area (Å²) in [6.07, 6.45) is 7.09. The highest BCUT2D eigenvalue weighted by molar-refractivity contribution is 14.0. The molecular weight excluding hydrogens is 491 g/mol. The van der Waals surface area contributed by atoms with E-state index in [1.165, 1.54) is 24.0 Å². The van der Waals surface area contributed by atoms with Gasteiger partial charge < -0.3 is 10.6 Å². The summed E-state index contributed by atoms with van der Waals surface area (Å²) in [6.45, 7) is 1.76. The number of nitrogens with one attached hydrogen (secondary N) is 2. The van der Waals surface area contributed by atoms with Crippen LogP contribution in [0.25, 0.3) is 0 Å². The van der Waals surface area contributed by atoms with Crippen molar-refractivity contribution in [3.8, 4) is 0 Å². The zero-order valence-corrected chi connectivity index (χ0v) is 18.3. The first-order chi connectivity index (χ1) is 11.7. The Kier molecular flexibility index (Phi) is 7.68. The summed E-state index contributed by atoms with van der Waals surface area (Å²) < 4.78 is 1.14. The average molecular weight is 515 g/mol. The molecule has 0 bridgehead atoms. The van der Waals surface area contributed by atoms with E-state index < -0.39 is 0 Å². The number of hydrogen-bond acceptors (Lipinski definition) is 2. The van der Waals surface area contributed by atoms with Gasteiger partial charge in [0.15, 0.2) is 5.96 Å². The maximum atomic E-state index is 4.33. The van der Waals surface area contributed by atoms with E-state index >= 15 is 0 Å². The molecule has 0 aliphatic heterocycles. The molecule has 134 valence electrons. The van der Waals surface area contributed by atoms with E-state index in [-0.39, 0.29) is 29.4 Å². The Labute approximate surface area is 175 Å². The van der Waals surface area contributed by atoms with Crippen LogP contribution in [0.1, 0.15) is 24.0 Å². The molecule has 0 unspecified atom stereocenters. The van der Waals surface area contributed by atoms with Gasteiger partial charge in [-0.1, -0.05) is 34.1 Å². The first-order valence-electron chi connectivity index (χ1n) is 8.31. The number of aliphatic imine (C=N–C) groups is 1. The van der Waals surface area contributed by atoms with Gasteiger partial charge in [-0.25, -0.2) is 0 Å². The van der Waals surface area contributed by atoms with Crippen LogP contribution in [0.2, 0.25) is 0 Å². The molecule has 2 N–H and O–H groups in total. The first kappa shape index (κ1) is 20.2. The van der Waals surface area contributed by atoms with Gasteiger partial charge >= 0.3 is 0 Å². The molecule has 1 aromatic heterocycles. The van der Waals surface area contributed by atoms with Crippen LogP contribution in [0.15, 0.2) is 58.3 Å². The molecule has 1 aromatic carbocycles. The summed E-state index contributed by atoms with van der Waals surface area (Å²) in [5.74, 6) is 0.861. The molecular formula is C19H24BrIN4. The minimum atomic E-state index is 0. The third-order valence-electron chi connectivity index (χ3n) is 4.54. The minimum Gasteiger partial charge on any atom is -0.356 e. The van der Waals surface area contributed by atoms with E-state index in [4.69, 9.17) is 0 Å². The van der Waals surface area contributed by atoms with Crippen molar-refractivity contribution in [1.82, 2.24) is 15.6 Å². The third kappa shape index (κ3) is 5.67. The van der Waals surface area contributed by atoms with Gasteiger partial charge in [0, 0.05) is 42.4 Å². The third-order valence-corrected chi connectivity index (χ3v) is 5.03. The molecule has 1 heterocycles. The maximum absolute atomic E-state index is 4.33. The van der Waals surface area contributed by atoms with E-state index in [9.17, 15) is 0 Å². The summed E-state index contributed by atoms with van der Waals surface area (Å²) in [6, 6.07) is 12.7. The molecule has 0 atom stereocenters. The molecule has 0 saturated heterocycles. The largest absolute Gasteiger partial charge is 0.356 e. The highest BCUT2D eigenvalue weighted by Crippen LogP contribution is 2.48. The van der Waals surface area contributed by atoms with Crippen LogP contribution in [-0.4, -0.2) is 31.1 Å². The van der Waals surface area contributed by atoms with E-state index in [1.807, 2.05) is 19.3 Å². The highest BCUT2D eigenvalue weighted by atomic mass is 127. The number of nitrogens with zero attached hydrogens (tertiary/aromatic N) is 2. The molecule has 0 amide bonds. The number of rotatable bonds is 6. The molecule has 4 nitrogen and oxygen atoms in total. The fourth-order valence-corrected chi connectivity index (χ4v) is 3.28. The summed E-state index contributed by atoms with van der Waals surface area (Å²) in [5, 5.41) is 6.87. The van der Waals surface area contributed by atoms with Crippen molar-refractivity contribution < 1.29 is 0 Å². The minimum absolute atomic E-state index is 0. The zero-order chi connectivity index (χ0) is 16.8. The summed E-state index contributed by atoms with van der Waals surface area (Å²) in [7, 11) is 1.82. The van der Waals surface area contributed by atoms with Crippen molar-refractivity contribution in [2.45, 2.75) is 24.7 Å². The van der Waals surface area contributed by atoms with Crippen LogP contribution in [0.4, 0.5) is 0 Å². The number of aromatic nitrogens is 1. The predicted molar refractivity (Wildman–Crippen MR) is 118 cm³/mol. The fourth-order valence-electron chi connectivity index (χ4n) is 2.88. The maximum Gasteiger partial charge on any atom is 0.191 e. The van der Waals surface area contributed by atoms with Crippen LogP contribution >= 0.6 is 39.9 Å². The average Bonchev–Trinajstić information content (AvgIpc) is 3.40. The Morgan fingerprint density at radius 3 is 2.72 bits per heavy atom. The van der Waals surface area contributed by atoms with Crippen molar-refractivity contribution in [3.63, 3.8) is 0 Å². The first-order valence-corrected chi connectivity index (χ1v) is 9.11. The van der Waals surface area contributed by atoms with Crippen LogP contribution in [0, 0.1) is 0 Å². The molecule has 1 fully saturated rings. The molecule has 1 saturated carbocycles. The van der Waals surface area contributed by atoms with Crippen molar-refractivity contribution in [2.24, 2.45) is 4.99 Å². The summed E-state index contributed by atoms with van der Waals surface area (Å²) in [5.41, 5.74) is 2.88.